The summed E-state index contributed by atoms with van der Waals surface area (Å²) in [6.07, 6.45) is 0. The van der Waals surface area contributed by atoms with Gasteiger partial charge in [0.15, 0.2) is 0 Å². The van der Waals surface area contributed by atoms with E-state index in [0.717, 1.165) is 25.5 Å². The van der Waals surface area contributed by atoms with Gasteiger partial charge in [-0.1, -0.05) is 32.0 Å². The highest BCUT2D eigenvalue weighted by atomic mass is 16.5. The van der Waals surface area contributed by atoms with Crippen LogP contribution in [0.15, 0.2) is 24.3 Å². The van der Waals surface area contributed by atoms with Gasteiger partial charge in [0.25, 0.3) is 0 Å². The van der Waals surface area contributed by atoms with Crippen molar-refractivity contribution in [1.29, 1.82) is 0 Å². The summed E-state index contributed by atoms with van der Waals surface area (Å²) in [4.78, 5) is 0. The largest absolute Gasteiger partial charge is 0.380 e. The van der Waals surface area contributed by atoms with Crippen LogP contribution in [-0.4, -0.2) is 29.0 Å². The van der Waals surface area contributed by atoms with Crippen molar-refractivity contribution in [2.24, 2.45) is 13.0 Å². The number of aromatic nitrogens is 2. The lowest BCUT2D eigenvalue weighted by Gasteiger charge is -2.21. The number of nitrogens with one attached hydrogen (secondary N) is 1. The minimum atomic E-state index is 0.357. The maximum Gasteiger partial charge on any atom is 0.0841 e. The van der Waals surface area contributed by atoms with E-state index >= 15 is 0 Å². The average Bonchev–Trinajstić information content (AvgIpc) is 2.76. The average molecular weight is 275 g/mol. The SMILES string of the molecule is CCOCC(NCc1nn(C)c2ccccc12)C(C)C. The van der Waals surface area contributed by atoms with Crippen LogP contribution in [0.5, 0.6) is 0 Å². The molecule has 0 radical (unpaired) electrons. The number of nitrogens with zero attached hydrogens (tertiary/aromatic N) is 2. The molecular weight excluding hydrogens is 250 g/mol. The van der Waals surface area contributed by atoms with E-state index in [4.69, 9.17) is 4.74 Å². The minimum absolute atomic E-state index is 0.357. The zero-order valence-corrected chi connectivity index (χ0v) is 12.9. The molecule has 2 aromatic rings. The van der Waals surface area contributed by atoms with Crippen LogP contribution in [0, 0.1) is 5.92 Å². The summed E-state index contributed by atoms with van der Waals surface area (Å²) in [5.41, 5.74) is 2.28. The molecule has 1 atom stereocenters. The first-order valence-electron chi connectivity index (χ1n) is 7.35. The molecule has 0 saturated heterocycles. The van der Waals surface area contributed by atoms with Gasteiger partial charge in [-0.15, -0.1) is 0 Å². The molecule has 0 saturated carbocycles. The van der Waals surface area contributed by atoms with E-state index in [1.807, 2.05) is 24.7 Å². The van der Waals surface area contributed by atoms with Crippen molar-refractivity contribution in [1.82, 2.24) is 15.1 Å². The highest BCUT2D eigenvalue weighted by Gasteiger charge is 2.15. The number of para-hydroxylation sites is 1. The molecule has 2 rings (SSSR count). The Balaban J connectivity index is 2.08. The second kappa shape index (κ2) is 6.86. The molecule has 4 heteroatoms. The number of benzene rings is 1. The van der Waals surface area contributed by atoms with Crippen molar-refractivity contribution in [2.75, 3.05) is 13.2 Å². The predicted octanol–water partition coefficient (Wildman–Crippen LogP) is 2.72. The molecule has 1 aromatic carbocycles. The third-order valence-corrected chi connectivity index (χ3v) is 3.67. The molecule has 1 N–H and O–H groups in total. The van der Waals surface area contributed by atoms with Gasteiger partial charge in [-0.2, -0.15) is 5.10 Å². The second-order valence-electron chi connectivity index (χ2n) is 5.48. The van der Waals surface area contributed by atoms with Crippen molar-refractivity contribution in [3.8, 4) is 0 Å². The molecule has 110 valence electrons. The summed E-state index contributed by atoms with van der Waals surface area (Å²) in [7, 11) is 1.99. The zero-order chi connectivity index (χ0) is 14.5. The number of rotatable bonds is 7. The lowest BCUT2D eigenvalue weighted by molar-refractivity contribution is 0.107. The smallest absolute Gasteiger partial charge is 0.0841 e. The quantitative estimate of drug-likeness (QED) is 0.844. The monoisotopic (exact) mass is 275 g/mol. The summed E-state index contributed by atoms with van der Waals surface area (Å²) in [6, 6.07) is 8.70. The third-order valence-electron chi connectivity index (χ3n) is 3.67. The topological polar surface area (TPSA) is 39.1 Å². The molecule has 0 fully saturated rings. The molecule has 0 spiro atoms. The predicted molar refractivity (Wildman–Crippen MR) is 82.7 cm³/mol. The van der Waals surface area contributed by atoms with Crippen molar-refractivity contribution in [3.05, 3.63) is 30.0 Å². The van der Waals surface area contributed by atoms with Gasteiger partial charge in [0.1, 0.15) is 0 Å². The van der Waals surface area contributed by atoms with Gasteiger partial charge in [-0.3, -0.25) is 4.68 Å². The van der Waals surface area contributed by atoms with Crippen molar-refractivity contribution >= 4 is 10.9 Å². The van der Waals surface area contributed by atoms with Crippen LogP contribution in [0.25, 0.3) is 10.9 Å². The minimum Gasteiger partial charge on any atom is -0.380 e. The summed E-state index contributed by atoms with van der Waals surface area (Å²) in [6.45, 7) is 8.75. The molecule has 4 nitrogen and oxygen atoms in total. The van der Waals surface area contributed by atoms with Crippen LogP contribution in [-0.2, 0) is 18.3 Å². The maximum atomic E-state index is 5.55. The van der Waals surface area contributed by atoms with Crippen LogP contribution in [0.2, 0.25) is 0 Å². The Labute approximate surface area is 121 Å². The van der Waals surface area contributed by atoms with Crippen molar-refractivity contribution in [2.45, 2.75) is 33.4 Å². The molecular formula is C16H25N3O. The van der Waals surface area contributed by atoms with Gasteiger partial charge in [0.05, 0.1) is 17.8 Å². The van der Waals surface area contributed by atoms with E-state index in [2.05, 4.69) is 42.5 Å². The van der Waals surface area contributed by atoms with E-state index in [9.17, 15) is 0 Å². The van der Waals surface area contributed by atoms with Crippen molar-refractivity contribution < 1.29 is 4.74 Å². The number of aryl methyl sites for hydroxylation is 1. The number of hydrogen-bond acceptors (Lipinski definition) is 3. The summed E-state index contributed by atoms with van der Waals surface area (Å²) < 4.78 is 7.49. The molecule has 0 aliphatic heterocycles. The first kappa shape index (κ1) is 15.0. The number of ether oxygens (including phenoxy) is 1. The van der Waals surface area contributed by atoms with Crippen LogP contribution < -0.4 is 5.32 Å². The summed E-state index contributed by atoms with van der Waals surface area (Å²) in [5.74, 6) is 0.538. The number of hydrogen-bond donors (Lipinski definition) is 1. The van der Waals surface area contributed by atoms with Crippen LogP contribution in [0.4, 0.5) is 0 Å². The highest BCUT2D eigenvalue weighted by Crippen LogP contribution is 2.17. The van der Waals surface area contributed by atoms with Gasteiger partial charge in [0, 0.05) is 31.6 Å². The fraction of sp³-hybridized carbons (Fsp3) is 0.562. The Morgan fingerprint density at radius 1 is 1.30 bits per heavy atom. The summed E-state index contributed by atoms with van der Waals surface area (Å²) in [5, 5.41) is 9.41. The Morgan fingerprint density at radius 3 is 2.75 bits per heavy atom. The molecule has 0 aliphatic rings. The molecule has 0 amide bonds. The normalized spacial score (nSPS) is 13.2. The van der Waals surface area contributed by atoms with E-state index in [-0.39, 0.29) is 0 Å². The fourth-order valence-corrected chi connectivity index (χ4v) is 2.38. The van der Waals surface area contributed by atoms with Crippen LogP contribution >= 0.6 is 0 Å². The van der Waals surface area contributed by atoms with E-state index in [0.29, 0.717) is 12.0 Å². The van der Waals surface area contributed by atoms with Crippen LogP contribution in [0.3, 0.4) is 0 Å². The molecule has 1 aromatic heterocycles. The first-order valence-corrected chi connectivity index (χ1v) is 7.35. The first-order chi connectivity index (χ1) is 9.63. The zero-order valence-electron chi connectivity index (χ0n) is 12.9. The Morgan fingerprint density at radius 2 is 2.05 bits per heavy atom. The Bertz CT molecular complexity index is 548. The van der Waals surface area contributed by atoms with E-state index < -0.39 is 0 Å². The highest BCUT2D eigenvalue weighted by molar-refractivity contribution is 5.81. The van der Waals surface area contributed by atoms with E-state index in [1.54, 1.807) is 0 Å². The number of fused-ring (bicyclic) bond motifs is 1. The van der Waals surface area contributed by atoms with Crippen LogP contribution in [0.1, 0.15) is 26.5 Å². The fourth-order valence-electron chi connectivity index (χ4n) is 2.38. The maximum absolute atomic E-state index is 5.55. The molecule has 1 unspecified atom stereocenters. The van der Waals surface area contributed by atoms with Gasteiger partial charge < -0.3 is 10.1 Å². The second-order valence-corrected chi connectivity index (χ2v) is 5.48. The lowest BCUT2D eigenvalue weighted by Crippen LogP contribution is -2.37. The Kier molecular flexibility index (Phi) is 5.15. The van der Waals surface area contributed by atoms with Gasteiger partial charge in [-0.05, 0) is 18.9 Å². The Hall–Kier alpha value is -1.39. The van der Waals surface area contributed by atoms with Gasteiger partial charge >= 0.3 is 0 Å². The third kappa shape index (κ3) is 3.38. The molecule has 20 heavy (non-hydrogen) atoms. The molecule has 0 aliphatic carbocycles. The lowest BCUT2D eigenvalue weighted by atomic mass is 10.1. The molecule has 1 heterocycles. The molecule has 0 bridgehead atoms. The van der Waals surface area contributed by atoms with Gasteiger partial charge in [0.2, 0.25) is 0 Å². The van der Waals surface area contributed by atoms with Crippen molar-refractivity contribution in [3.63, 3.8) is 0 Å². The van der Waals surface area contributed by atoms with E-state index in [1.165, 1.54) is 10.9 Å². The standard InChI is InChI=1S/C16H25N3O/c1-5-20-11-15(12(2)3)17-10-14-13-8-6-7-9-16(13)19(4)18-14/h6-9,12,15,17H,5,10-11H2,1-4H3. The summed E-state index contributed by atoms with van der Waals surface area (Å²) >= 11 is 0. The van der Waals surface area contributed by atoms with Gasteiger partial charge in [-0.25, -0.2) is 0 Å².